The number of amides is 2. The maximum atomic E-state index is 12.0. The molecular weight excluding hydrogens is 286 g/mol. The first-order valence-corrected chi connectivity index (χ1v) is 6.05. The molecule has 0 atom stereocenters. The third-order valence-corrected chi connectivity index (χ3v) is 3.19. The highest BCUT2D eigenvalue weighted by Gasteiger charge is 2.32. The molecule has 0 bridgehead atoms. The van der Waals surface area contributed by atoms with Gasteiger partial charge in [0.2, 0.25) is 0 Å². The maximum Gasteiger partial charge on any atom is 0.414 e. The number of nitrogens with zero attached hydrogens (tertiary/aromatic N) is 5. The molecule has 0 unspecified atom stereocenters. The van der Waals surface area contributed by atoms with Crippen LogP contribution in [0.1, 0.15) is 16.1 Å². The van der Waals surface area contributed by atoms with E-state index in [4.69, 9.17) is 16.7 Å². The second kappa shape index (κ2) is 4.57. The standard InChI is InChI=1S/C11H8ClN5O3/c12-8-3-9(14-5-13-8)17-7-1-2-16(11(19)20)10(18)6(7)4-15-17/h3-5H,1-2H2,(H,19,20). The average molecular weight is 294 g/mol. The van der Waals surface area contributed by atoms with Crippen molar-refractivity contribution in [1.82, 2.24) is 24.6 Å². The Bertz CT molecular complexity index is 714. The SMILES string of the molecule is O=C(O)N1CCc2c(cnn2-c2cc(Cl)ncn2)C1=O. The molecule has 0 saturated heterocycles. The summed E-state index contributed by atoms with van der Waals surface area (Å²) in [4.78, 5) is 31.5. The third kappa shape index (κ3) is 1.90. The van der Waals surface area contributed by atoms with E-state index >= 15 is 0 Å². The first kappa shape index (κ1) is 12.5. The summed E-state index contributed by atoms with van der Waals surface area (Å²) in [5, 5.41) is 13.3. The number of hydrogen-bond acceptors (Lipinski definition) is 5. The van der Waals surface area contributed by atoms with Crippen molar-refractivity contribution in [2.45, 2.75) is 6.42 Å². The van der Waals surface area contributed by atoms with E-state index in [1.165, 1.54) is 23.3 Å². The predicted molar refractivity (Wildman–Crippen MR) is 66.9 cm³/mol. The van der Waals surface area contributed by atoms with E-state index < -0.39 is 12.0 Å². The van der Waals surface area contributed by atoms with Crippen LogP contribution in [-0.4, -0.2) is 48.3 Å². The fraction of sp³-hybridized carbons (Fsp3) is 0.182. The van der Waals surface area contributed by atoms with Gasteiger partial charge in [0.1, 0.15) is 11.5 Å². The molecule has 0 aliphatic carbocycles. The van der Waals surface area contributed by atoms with E-state index in [-0.39, 0.29) is 17.3 Å². The molecule has 3 rings (SSSR count). The number of rotatable bonds is 1. The van der Waals surface area contributed by atoms with Crippen molar-refractivity contribution in [3.63, 3.8) is 0 Å². The molecule has 8 nitrogen and oxygen atoms in total. The second-order valence-electron chi connectivity index (χ2n) is 4.11. The van der Waals surface area contributed by atoms with Gasteiger partial charge in [-0.3, -0.25) is 4.79 Å². The van der Waals surface area contributed by atoms with Crippen molar-refractivity contribution in [1.29, 1.82) is 0 Å². The van der Waals surface area contributed by atoms with Gasteiger partial charge >= 0.3 is 6.09 Å². The van der Waals surface area contributed by atoms with Gasteiger partial charge in [0.15, 0.2) is 5.82 Å². The minimum absolute atomic E-state index is 0.0890. The van der Waals surface area contributed by atoms with E-state index in [1.807, 2.05) is 0 Å². The van der Waals surface area contributed by atoms with Crippen molar-refractivity contribution < 1.29 is 14.7 Å². The largest absolute Gasteiger partial charge is 0.465 e. The van der Waals surface area contributed by atoms with Crippen LogP contribution < -0.4 is 0 Å². The van der Waals surface area contributed by atoms with Gasteiger partial charge in [0.05, 0.1) is 17.5 Å². The van der Waals surface area contributed by atoms with Crippen molar-refractivity contribution >= 4 is 23.6 Å². The third-order valence-electron chi connectivity index (χ3n) is 2.98. The summed E-state index contributed by atoms with van der Waals surface area (Å²) in [6.45, 7) is 0.0890. The van der Waals surface area contributed by atoms with Gasteiger partial charge < -0.3 is 5.11 Å². The van der Waals surface area contributed by atoms with E-state index in [9.17, 15) is 9.59 Å². The summed E-state index contributed by atoms with van der Waals surface area (Å²) in [5.41, 5.74) is 0.871. The molecule has 1 N–H and O–H groups in total. The Morgan fingerprint density at radius 3 is 2.90 bits per heavy atom. The summed E-state index contributed by atoms with van der Waals surface area (Å²) in [6.07, 6.45) is 1.73. The summed E-state index contributed by atoms with van der Waals surface area (Å²) in [6, 6.07) is 1.52. The number of hydrogen-bond donors (Lipinski definition) is 1. The molecule has 2 aromatic heterocycles. The monoisotopic (exact) mass is 293 g/mol. The minimum Gasteiger partial charge on any atom is -0.465 e. The summed E-state index contributed by atoms with van der Waals surface area (Å²) in [7, 11) is 0. The number of carbonyl (C=O) groups is 2. The first-order chi connectivity index (χ1) is 9.58. The first-order valence-electron chi connectivity index (χ1n) is 5.67. The van der Waals surface area contributed by atoms with Crippen LogP contribution in [0.3, 0.4) is 0 Å². The molecule has 1 aliphatic rings. The molecular formula is C11H8ClN5O3. The second-order valence-corrected chi connectivity index (χ2v) is 4.49. The van der Waals surface area contributed by atoms with Crippen LogP contribution in [0.4, 0.5) is 4.79 Å². The Morgan fingerprint density at radius 2 is 2.20 bits per heavy atom. The van der Waals surface area contributed by atoms with Crippen LogP contribution >= 0.6 is 11.6 Å². The molecule has 1 aliphatic heterocycles. The number of aromatic nitrogens is 4. The highest BCUT2D eigenvalue weighted by atomic mass is 35.5. The van der Waals surface area contributed by atoms with Crippen LogP contribution in [0.15, 0.2) is 18.6 Å². The van der Waals surface area contributed by atoms with Gasteiger partial charge in [-0.2, -0.15) is 5.10 Å². The van der Waals surface area contributed by atoms with Crippen LogP contribution in [0.2, 0.25) is 5.15 Å². The Balaban J connectivity index is 2.05. The van der Waals surface area contributed by atoms with Crippen molar-refractivity contribution in [2.75, 3.05) is 6.54 Å². The van der Waals surface area contributed by atoms with E-state index in [0.717, 1.165) is 4.90 Å². The normalized spacial score (nSPS) is 14.2. The fourth-order valence-corrected chi connectivity index (χ4v) is 2.22. The van der Waals surface area contributed by atoms with Gasteiger partial charge in [0.25, 0.3) is 5.91 Å². The number of fused-ring (bicyclic) bond motifs is 1. The van der Waals surface area contributed by atoms with Crippen molar-refractivity contribution in [2.24, 2.45) is 0 Å². The van der Waals surface area contributed by atoms with E-state index in [1.54, 1.807) is 0 Å². The Kier molecular flexibility index (Phi) is 2.87. The number of carboxylic acid groups (broad SMARTS) is 1. The highest BCUT2D eigenvalue weighted by Crippen LogP contribution is 2.21. The van der Waals surface area contributed by atoms with Crippen LogP contribution in [0.25, 0.3) is 5.82 Å². The lowest BCUT2D eigenvalue weighted by Gasteiger charge is -2.22. The lowest BCUT2D eigenvalue weighted by molar-refractivity contribution is 0.0726. The van der Waals surface area contributed by atoms with E-state index in [2.05, 4.69) is 15.1 Å². The number of imide groups is 1. The average Bonchev–Trinajstić information content (AvgIpc) is 2.83. The molecule has 0 spiro atoms. The lowest BCUT2D eigenvalue weighted by atomic mass is 10.1. The highest BCUT2D eigenvalue weighted by molar-refractivity contribution is 6.29. The smallest absolute Gasteiger partial charge is 0.414 e. The molecule has 102 valence electrons. The molecule has 2 aromatic rings. The number of carbonyl (C=O) groups excluding carboxylic acids is 1. The minimum atomic E-state index is -1.27. The van der Waals surface area contributed by atoms with Gasteiger partial charge in [-0.05, 0) is 0 Å². The van der Waals surface area contributed by atoms with Gasteiger partial charge in [0, 0.05) is 19.0 Å². The molecule has 0 saturated carbocycles. The predicted octanol–water partition coefficient (Wildman–Crippen LogP) is 0.992. The van der Waals surface area contributed by atoms with Gasteiger partial charge in [-0.15, -0.1) is 0 Å². The Morgan fingerprint density at radius 1 is 1.40 bits per heavy atom. The van der Waals surface area contributed by atoms with Crippen molar-refractivity contribution in [3.8, 4) is 5.82 Å². The van der Waals surface area contributed by atoms with Gasteiger partial charge in [-0.1, -0.05) is 11.6 Å². The van der Waals surface area contributed by atoms with Crippen molar-refractivity contribution in [3.05, 3.63) is 35.0 Å². The summed E-state index contributed by atoms with van der Waals surface area (Å²) < 4.78 is 1.47. The van der Waals surface area contributed by atoms with E-state index in [0.29, 0.717) is 17.9 Å². The summed E-state index contributed by atoms with van der Waals surface area (Å²) in [5.74, 6) is -0.145. The lowest BCUT2D eigenvalue weighted by Crippen LogP contribution is -2.41. The van der Waals surface area contributed by atoms with Crippen LogP contribution in [-0.2, 0) is 6.42 Å². The maximum absolute atomic E-state index is 12.0. The fourth-order valence-electron chi connectivity index (χ4n) is 2.08. The molecule has 0 radical (unpaired) electrons. The molecule has 20 heavy (non-hydrogen) atoms. The van der Waals surface area contributed by atoms with Crippen LogP contribution in [0, 0.1) is 0 Å². The Hall–Kier alpha value is -2.48. The quantitative estimate of drug-likeness (QED) is 0.787. The Labute approximate surface area is 117 Å². The molecule has 2 amide bonds. The zero-order valence-electron chi connectivity index (χ0n) is 10.0. The molecule has 3 heterocycles. The molecule has 0 fully saturated rings. The number of halogens is 1. The zero-order chi connectivity index (χ0) is 14.3. The summed E-state index contributed by atoms with van der Waals surface area (Å²) >= 11 is 5.79. The van der Waals surface area contributed by atoms with Crippen LogP contribution in [0.5, 0.6) is 0 Å². The molecule has 0 aromatic carbocycles. The van der Waals surface area contributed by atoms with Gasteiger partial charge in [-0.25, -0.2) is 24.3 Å². The topological polar surface area (TPSA) is 101 Å². The molecule has 9 heteroatoms. The zero-order valence-corrected chi connectivity index (χ0v) is 10.8.